The maximum absolute atomic E-state index is 16.2. The summed E-state index contributed by atoms with van der Waals surface area (Å²) in [6.45, 7) is 8.12. The molecule has 0 radical (unpaired) electrons. The second-order valence-corrected chi connectivity index (χ2v) is 14.0. The zero-order valence-electron chi connectivity index (χ0n) is 25.9. The average molecular weight is 620 g/mol. The van der Waals surface area contributed by atoms with Crippen LogP contribution in [-0.2, 0) is 30.3 Å². The Hall–Kier alpha value is -3.16. The van der Waals surface area contributed by atoms with Crippen molar-refractivity contribution in [1.29, 1.82) is 5.26 Å². The summed E-state index contributed by atoms with van der Waals surface area (Å²) in [4.78, 5) is 25.2. The van der Waals surface area contributed by atoms with Crippen LogP contribution in [-0.4, -0.2) is 42.0 Å². The van der Waals surface area contributed by atoms with Crippen LogP contribution in [0.1, 0.15) is 101 Å². The van der Waals surface area contributed by atoms with Crippen molar-refractivity contribution < 1.29 is 12.7 Å². The van der Waals surface area contributed by atoms with Crippen LogP contribution in [0.5, 0.6) is 0 Å². The van der Waals surface area contributed by atoms with Crippen LogP contribution in [0.15, 0.2) is 41.5 Å². The number of rotatable bonds is 1. The third-order valence-corrected chi connectivity index (χ3v) is 10.8. The molecule has 2 aromatic heterocycles. The van der Waals surface area contributed by atoms with E-state index in [4.69, 9.17) is 12.4 Å². The normalized spacial score (nSPS) is 26.5. The molecule has 10 heteroatoms. The molecule has 7 nitrogen and oxygen atoms in total. The highest BCUT2D eigenvalue weighted by Gasteiger charge is 2.49. The molecule has 1 saturated heterocycles. The number of pyridine rings is 1. The molecule has 44 heavy (non-hydrogen) atoms. The Labute approximate surface area is 263 Å². The van der Waals surface area contributed by atoms with E-state index in [1.54, 1.807) is 26.7 Å². The topological polar surface area (TPSA) is 77.8 Å². The van der Waals surface area contributed by atoms with Crippen LogP contribution in [0.3, 0.4) is 0 Å². The van der Waals surface area contributed by atoms with Crippen molar-refractivity contribution in [2.45, 2.75) is 108 Å². The number of aromatic nitrogens is 3. The van der Waals surface area contributed by atoms with Gasteiger partial charge in [-0.05, 0) is 95.1 Å². The Bertz CT molecular complexity index is 1690. The number of fused-ring (bicyclic) bond motifs is 9. The molecular weight excluding hydrogens is 578 g/mol. The number of nitriles is 1. The van der Waals surface area contributed by atoms with E-state index in [-0.39, 0.29) is 16.7 Å². The van der Waals surface area contributed by atoms with Gasteiger partial charge in [0, 0.05) is 29.1 Å². The molecule has 2 unspecified atom stereocenters. The summed E-state index contributed by atoms with van der Waals surface area (Å²) >= 11 is 5.92. The lowest BCUT2D eigenvalue weighted by Crippen LogP contribution is -2.52. The molecule has 7 rings (SSSR count). The summed E-state index contributed by atoms with van der Waals surface area (Å²) in [6.07, 6.45) is 8.41. The summed E-state index contributed by atoms with van der Waals surface area (Å²) in [7, 11) is 0. The number of alkyl halides is 2. The maximum atomic E-state index is 16.2. The van der Waals surface area contributed by atoms with E-state index in [1.807, 2.05) is 13.0 Å². The Morgan fingerprint density at radius 1 is 1.05 bits per heavy atom. The fourth-order valence-corrected chi connectivity index (χ4v) is 7.56. The van der Waals surface area contributed by atoms with Crippen molar-refractivity contribution in [3.05, 3.63) is 63.7 Å². The van der Waals surface area contributed by atoms with Crippen LogP contribution in [0, 0.1) is 17.2 Å². The molecule has 1 aliphatic carbocycles. The van der Waals surface area contributed by atoms with Gasteiger partial charge in [0.15, 0.2) is 5.65 Å². The fourth-order valence-electron chi connectivity index (χ4n) is 7.30. The number of nitrogens with zero attached hydrogens (tertiary/aromatic N) is 6. The summed E-state index contributed by atoms with van der Waals surface area (Å²) in [5.41, 5.74) is 0.338. The van der Waals surface area contributed by atoms with Gasteiger partial charge < -0.3 is 0 Å². The minimum Gasteiger partial charge on any atom is -0.298 e. The van der Waals surface area contributed by atoms with Gasteiger partial charge in [-0.15, -0.1) is 0 Å². The first-order valence-electron chi connectivity index (χ1n) is 16.0. The molecule has 3 atom stereocenters. The Morgan fingerprint density at radius 2 is 1.77 bits per heavy atom. The highest BCUT2D eigenvalue weighted by atomic mass is 32.1. The predicted molar refractivity (Wildman–Crippen MR) is 168 cm³/mol. The zero-order valence-corrected chi connectivity index (χ0v) is 26.7. The lowest BCUT2D eigenvalue weighted by molar-refractivity contribution is -0.459. The van der Waals surface area contributed by atoms with E-state index < -0.39 is 23.3 Å². The quantitative estimate of drug-likeness (QED) is 0.272. The smallest absolute Gasteiger partial charge is 0.298 e. The molecule has 0 spiro atoms. The van der Waals surface area contributed by atoms with Gasteiger partial charge in [0.2, 0.25) is 6.33 Å². The minimum absolute atomic E-state index is 0.0127. The predicted octanol–water partition coefficient (Wildman–Crippen LogP) is 7.03. The molecule has 3 aromatic rings. The van der Waals surface area contributed by atoms with E-state index in [0.29, 0.717) is 66.8 Å². The highest BCUT2D eigenvalue weighted by molar-refractivity contribution is 7.44. The van der Waals surface area contributed by atoms with Gasteiger partial charge in [-0.25, -0.2) is 8.78 Å². The monoisotopic (exact) mass is 619 g/mol. The molecule has 2 fully saturated rings. The molecule has 8 bridgehead atoms. The first-order valence-corrected chi connectivity index (χ1v) is 16.3. The van der Waals surface area contributed by atoms with Crippen molar-refractivity contribution in [2.75, 3.05) is 13.1 Å². The van der Waals surface area contributed by atoms with Crippen LogP contribution in [0.2, 0.25) is 0 Å². The van der Waals surface area contributed by atoms with Crippen LogP contribution in [0.4, 0.5) is 14.6 Å². The third kappa shape index (κ3) is 5.47. The number of hydrogen-bond acceptors (Lipinski definition) is 6. The average Bonchev–Trinajstić information content (AvgIpc) is 3.81. The summed E-state index contributed by atoms with van der Waals surface area (Å²) < 4.78 is 35.6. The van der Waals surface area contributed by atoms with Gasteiger partial charge >= 0.3 is 5.82 Å². The molecule has 3 aliphatic heterocycles. The molecule has 0 amide bonds. The summed E-state index contributed by atoms with van der Waals surface area (Å²) in [6, 6.07) is 10.3. The standard InChI is InChI=1S/C34H41F2N6OS/c1-23-24-10-9-11-25(18-24)34(35,36)26-12-17-40(32(2,3)20-26)15-7-5-4-6-8-16-41-29-27(30(42(23)44)39-22-38-29)19-28(31(41)43)33(21-37)13-14-33/h9-11,18-19,22-23,26H,4-8,12-17,20H2,1-3H3/q+1/t23-,26?/m1/s1. The van der Waals surface area contributed by atoms with E-state index in [0.717, 1.165) is 38.6 Å². The lowest BCUT2D eigenvalue weighted by atomic mass is 9.77. The molecule has 5 heterocycles. The van der Waals surface area contributed by atoms with Gasteiger partial charge in [0.25, 0.3) is 11.5 Å². The Morgan fingerprint density at radius 3 is 2.48 bits per heavy atom. The van der Waals surface area contributed by atoms with Gasteiger partial charge in [-0.3, -0.25) is 14.3 Å². The molecular formula is C34H41F2N6OS+. The molecule has 4 aliphatic rings. The van der Waals surface area contributed by atoms with E-state index >= 15 is 8.78 Å². The summed E-state index contributed by atoms with van der Waals surface area (Å²) in [5, 5.41) is 10.6. The first-order chi connectivity index (χ1) is 21.0. The van der Waals surface area contributed by atoms with Crippen molar-refractivity contribution >= 4 is 29.3 Å². The van der Waals surface area contributed by atoms with Crippen molar-refractivity contribution in [1.82, 2.24) is 19.4 Å². The van der Waals surface area contributed by atoms with Gasteiger partial charge in [-0.2, -0.15) is 14.2 Å². The number of benzene rings is 1. The number of hydrogen-bond donors (Lipinski definition) is 0. The second kappa shape index (κ2) is 11.6. The van der Waals surface area contributed by atoms with Crippen LogP contribution >= 0.6 is 0 Å². The first kappa shape index (κ1) is 30.8. The van der Waals surface area contributed by atoms with Gasteiger partial charge in [0.1, 0.15) is 23.9 Å². The van der Waals surface area contributed by atoms with Crippen molar-refractivity contribution in [3.63, 3.8) is 0 Å². The lowest BCUT2D eigenvalue weighted by Gasteiger charge is -2.47. The van der Waals surface area contributed by atoms with Gasteiger partial charge in [0.05, 0.1) is 11.5 Å². The zero-order chi connectivity index (χ0) is 31.3. The molecule has 0 N–H and O–H groups in total. The van der Waals surface area contributed by atoms with Crippen molar-refractivity contribution in [2.24, 2.45) is 5.92 Å². The van der Waals surface area contributed by atoms with Crippen LogP contribution < -0.4 is 5.56 Å². The molecule has 1 saturated carbocycles. The van der Waals surface area contributed by atoms with E-state index in [2.05, 4.69) is 34.8 Å². The van der Waals surface area contributed by atoms with E-state index in [1.165, 1.54) is 12.4 Å². The van der Waals surface area contributed by atoms with Crippen molar-refractivity contribution in [3.8, 4) is 6.07 Å². The molecule has 232 valence electrons. The minimum atomic E-state index is -2.98. The van der Waals surface area contributed by atoms with Crippen LogP contribution in [0.25, 0.3) is 11.0 Å². The second-order valence-electron chi connectivity index (χ2n) is 13.7. The van der Waals surface area contributed by atoms with Gasteiger partial charge in [-0.1, -0.05) is 37.5 Å². The number of aryl methyl sites for hydroxylation is 1. The largest absolute Gasteiger partial charge is 0.348 e. The van der Waals surface area contributed by atoms with E-state index in [9.17, 15) is 10.1 Å². The molecule has 1 aromatic carbocycles. The SMILES string of the molecule is C[C@@H]1c2cccc(c2)C(F)(F)C2CCN(CCCCCCCn3c(=O)c(C4(C#N)CC4)cc4c(ncnc43)[N+]1=S)C(C)(C)C2. The Kier molecular flexibility index (Phi) is 8.16. The fraction of sp³-hybridized carbons (Fsp3) is 0.588. The Balaban J connectivity index is 1.45. The maximum Gasteiger partial charge on any atom is 0.348 e. The summed E-state index contributed by atoms with van der Waals surface area (Å²) in [5.74, 6) is -3.30. The number of halogens is 2. The number of piperidine rings is 1. The third-order valence-electron chi connectivity index (χ3n) is 10.3. The highest BCUT2D eigenvalue weighted by Crippen LogP contribution is 2.48.